The van der Waals surface area contributed by atoms with Crippen molar-refractivity contribution in [2.45, 2.75) is 116 Å². The van der Waals surface area contributed by atoms with Crippen molar-refractivity contribution in [2.24, 2.45) is 0 Å². The predicted octanol–water partition coefficient (Wildman–Crippen LogP) is 19.4. The summed E-state index contributed by atoms with van der Waals surface area (Å²) in [6.07, 6.45) is 0. The molecule has 10 rings (SSSR count). The average molecular weight is 1020 g/mol. The lowest BCUT2D eigenvalue weighted by atomic mass is 9.79. The summed E-state index contributed by atoms with van der Waals surface area (Å²) < 4.78 is 0. The lowest BCUT2D eigenvalue weighted by Gasteiger charge is -2.38. The lowest BCUT2D eigenvalue weighted by molar-refractivity contribution is 0.838. The fraction of sp³-hybridized carbons (Fsp3) is 0.257. The molecule has 8 aromatic carbocycles. The summed E-state index contributed by atoms with van der Waals surface area (Å²) in [7, 11) is -4.48. The molecule has 0 atom stereocenters. The maximum Gasteiger partial charge on any atom is 0.146 e. The SMILES string of the molecule is CC(C)[Si](C#Cc1c2nc3ccccc3nc2c(C#C[Si](C(C)C)(C(C)C)C(C)C)c2nc3cc(-c4cc(-c5ccccc5)c(-c5ccccc5)c(-c5ccccc5)c4-c4ccccc4)ccc3nc12)(C(C)C)C(C)C. The van der Waals surface area contributed by atoms with E-state index in [4.69, 9.17) is 19.9 Å². The molecule has 2 aromatic heterocycles. The fourth-order valence-corrected chi connectivity index (χ4v) is 23.5. The molecule has 76 heavy (non-hydrogen) atoms. The number of hydrogen-bond acceptors (Lipinski definition) is 4. The molecule has 0 N–H and O–H groups in total. The summed E-state index contributed by atoms with van der Waals surface area (Å²) >= 11 is 0. The van der Waals surface area contributed by atoms with Gasteiger partial charge in [-0.1, -0.05) is 234 Å². The fourth-order valence-electron chi connectivity index (χ4n) is 13.0. The summed E-state index contributed by atoms with van der Waals surface area (Å²) in [5.74, 6) is 7.81. The Morgan fingerprint density at radius 2 is 0.592 bits per heavy atom. The second kappa shape index (κ2) is 21.3. The van der Waals surface area contributed by atoms with Gasteiger partial charge in [0.15, 0.2) is 0 Å². The van der Waals surface area contributed by atoms with Gasteiger partial charge >= 0.3 is 0 Å². The number of hydrogen-bond donors (Lipinski definition) is 0. The molecule has 10 aromatic rings. The van der Waals surface area contributed by atoms with Gasteiger partial charge in [0.05, 0.1) is 33.2 Å². The first-order valence-electron chi connectivity index (χ1n) is 27.5. The van der Waals surface area contributed by atoms with Gasteiger partial charge in [-0.05, 0) is 119 Å². The Kier molecular flexibility index (Phi) is 14.5. The molecule has 2 heterocycles. The van der Waals surface area contributed by atoms with Crippen LogP contribution in [0.5, 0.6) is 0 Å². The van der Waals surface area contributed by atoms with E-state index in [9.17, 15) is 0 Å². The van der Waals surface area contributed by atoms with E-state index >= 15 is 0 Å². The quantitative estimate of drug-likeness (QED) is 0.0736. The molecule has 0 saturated carbocycles. The number of fused-ring (bicyclic) bond motifs is 4. The molecule has 0 spiro atoms. The van der Waals surface area contributed by atoms with E-state index in [1.165, 1.54) is 11.1 Å². The molecule has 6 heteroatoms. The molecule has 378 valence electrons. The largest absolute Gasteiger partial charge is 0.243 e. The van der Waals surface area contributed by atoms with E-state index in [2.05, 4.69) is 258 Å². The highest BCUT2D eigenvalue weighted by Crippen LogP contribution is 2.51. The Labute approximate surface area is 453 Å². The third-order valence-corrected chi connectivity index (χ3v) is 29.2. The molecule has 0 amide bonds. The minimum absolute atomic E-state index is 0.430. The number of benzene rings is 8. The van der Waals surface area contributed by atoms with Gasteiger partial charge in [0, 0.05) is 0 Å². The van der Waals surface area contributed by atoms with Crippen molar-refractivity contribution < 1.29 is 0 Å². The number of nitrogens with zero attached hydrogens (tertiary/aromatic N) is 4. The third kappa shape index (κ3) is 9.16. The lowest BCUT2D eigenvalue weighted by Crippen LogP contribution is -2.43. The van der Waals surface area contributed by atoms with Crippen LogP contribution in [0.25, 0.3) is 99.8 Å². The van der Waals surface area contributed by atoms with Crippen LogP contribution >= 0.6 is 0 Å². The van der Waals surface area contributed by atoms with Gasteiger partial charge in [-0.3, -0.25) is 0 Å². The number of rotatable bonds is 11. The van der Waals surface area contributed by atoms with Gasteiger partial charge < -0.3 is 0 Å². The Balaban J connectivity index is 1.36. The van der Waals surface area contributed by atoms with Crippen LogP contribution < -0.4 is 0 Å². The summed E-state index contributed by atoms with van der Waals surface area (Å²) in [5.41, 5.74) is 29.9. The Morgan fingerprint density at radius 1 is 0.289 bits per heavy atom. The Hall–Kier alpha value is -7.49. The molecule has 0 saturated heterocycles. The molecule has 0 aliphatic carbocycles. The molecule has 0 unspecified atom stereocenters. The number of para-hydroxylation sites is 2. The molecule has 4 nitrogen and oxygen atoms in total. The van der Waals surface area contributed by atoms with Crippen molar-refractivity contribution in [3.05, 3.63) is 181 Å². The van der Waals surface area contributed by atoms with Gasteiger partial charge in [-0.25, -0.2) is 19.9 Å². The van der Waals surface area contributed by atoms with Crippen LogP contribution in [0.15, 0.2) is 170 Å². The predicted molar refractivity (Wildman–Crippen MR) is 331 cm³/mol. The highest BCUT2D eigenvalue weighted by atomic mass is 28.3. The zero-order valence-corrected chi connectivity index (χ0v) is 48.4. The summed E-state index contributed by atoms with van der Waals surface area (Å²) in [6.45, 7) is 28.4. The van der Waals surface area contributed by atoms with E-state index in [-0.39, 0.29) is 0 Å². The van der Waals surface area contributed by atoms with Crippen molar-refractivity contribution in [2.75, 3.05) is 0 Å². The van der Waals surface area contributed by atoms with Crippen molar-refractivity contribution in [1.82, 2.24) is 19.9 Å². The molecule has 0 bridgehead atoms. The topological polar surface area (TPSA) is 51.6 Å². The Morgan fingerprint density at radius 3 is 0.961 bits per heavy atom. The van der Waals surface area contributed by atoms with Gasteiger partial charge in [-0.15, -0.1) is 11.1 Å². The second-order valence-corrected chi connectivity index (χ2v) is 33.8. The monoisotopic (exact) mass is 1020 g/mol. The van der Waals surface area contributed by atoms with Crippen LogP contribution in [0.4, 0.5) is 0 Å². The van der Waals surface area contributed by atoms with Crippen LogP contribution in [-0.2, 0) is 0 Å². The average Bonchev–Trinajstić information content (AvgIpc) is 3.43. The zero-order chi connectivity index (χ0) is 53.5. The Bertz CT molecular complexity index is 3850. The maximum absolute atomic E-state index is 5.79. The van der Waals surface area contributed by atoms with Crippen LogP contribution in [-0.4, -0.2) is 36.1 Å². The van der Waals surface area contributed by atoms with Crippen molar-refractivity contribution >= 4 is 60.3 Å². The van der Waals surface area contributed by atoms with E-state index in [0.717, 1.165) is 99.8 Å². The summed E-state index contributed by atoms with van der Waals surface area (Å²) in [6, 6.07) is 60.6. The van der Waals surface area contributed by atoms with Crippen molar-refractivity contribution in [3.8, 4) is 78.6 Å². The molecule has 0 aliphatic rings. The summed E-state index contributed by atoms with van der Waals surface area (Å²) in [4.78, 5) is 22.4. The molecule has 0 aliphatic heterocycles. The van der Waals surface area contributed by atoms with Crippen molar-refractivity contribution in [1.29, 1.82) is 0 Å². The molecular weight excluding hydrogens is 953 g/mol. The van der Waals surface area contributed by atoms with E-state index in [1.807, 2.05) is 18.2 Å². The van der Waals surface area contributed by atoms with Gasteiger partial charge in [0.1, 0.15) is 38.2 Å². The van der Waals surface area contributed by atoms with Crippen LogP contribution in [0.3, 0.4) is 0 Å². The second-order valence-electron chi connectivity index (χ2n) is 22.6. The highest BCUT2D eigenvalue weighted by Gasteiger charge is 2.43. The van der Waals surface area contributed by atoms with E-state index in [1.54, 1.807) is 0 Å². The van der Waals surface area contributed by atoms with Gasteiger partial charge in [-0.2, -0.15) is 0 Å². The standard InChI is InChI=1S/C70H70N4Si2/c1-45(2)75(46(3)4,47(5)6)41-39-56-67-68(72-61-36-26-25-35-60(61)71-67)57(40-42-76(48(7)8,49(9)10)50(11)12)70-69(56)73-62-38-37-55(43-63(62)74-70)59-44-58(51-27-17-13-18-28-51)64(52-29-19-14-20-30-52)66(54-33-23-16-24-34-54)65(59)53-31-21-15-22-32-53/h13-38,43-50H,1-12H3. The smallest absolute Gasteiger partial charge is 0.146 e. The minimum Gasteiger partial charge on any atom is -0.243 e. The van der Waals surface area contributed by atoms with Crippen LogP contribution in [0.1, 0.15) is 94.2 Å². The minimum atomic E-state index is -2.25. The molecule has 0 radical (unpaired) electrons. The highest BCUT2D eigenvalue weighted by molar-refractivity contribution is 6.91. The van der Waals surface area contributed by atoms with E-state index < -0.39 is 16.1 Å². The normalized spacial score (nSPS) is 12.2. The first kappa shape index (κ1) is 52.0. The van der Waals surface area contributed by atoms with Gasteiger partial charge in [0.2, 0.25) is 0 Å². The van der Waals surface area contributed by atoms with Crippen LogP contribution in [0, 0.1) is 22.9 Å². The molecule has 0 fully saturated rings. The molecular formula is C70H70N4Si2. The zero-order valence-electron chi connectivity index (χ0n) is 46.4. The maximum atomic E-state index is 5.79. The summed E-state index contributed by atoms with van der Waals surface area (Å²) in [5, 5.41) is 0. The number of aromatic nitrogens is 4. The van der Waals surface area contributed by atoms with Gasteiger partial charge in [0.25, 0.3) is 0 Å². The first-order valence-corrected chi connectivity index (χ1v) is 31.9. The van der Waals surface area contributed by atoms with Crippen LogP contribution in [0.2, 0.25) is 33.2 Å². The first-order chi connectivity index (χ1) is 36.6. The van der Waals surface area contributed by atoms with E-state index in [0.29, 0.717) is 33.2 Å². The third-order valence-electron chi connectivity index (χ3n) is 16.6. The van der Waals surface area contributed by atoms with Crippen molar-refractivity contribution in [3.63, 3.8) is 0 Å².